The highest BCUT2D eigenvalue weighted by atomic mass is 16.7. The third-order valence-corrected chi connectivity index (χ3v) is 9.04. The zero-order valence-electron chi connectivity index (χ0n) is 25.6. The molecule has 2 aliphatic carbocycles. The second kappa shape index (κ2) is 14.9. The Labute approximate surface area is 241 Å². The zero-order valence-corrected chi connectivity index (χ0v) is 25.6. The Kier molecular flexibility index (Phi) is 12.1. The molecule has 1 aliphatic heterocycles. The Morgan fingerprint density at radius 1 is 0.950 bits per heavy atom. The lowest BCUT2D eigenvalue weighted by atomic mass is 9.78. The van der Waals surface area contributed by atoms with Crippen LogP contribution in [0.1, 0.15) is 125 Å². The highest BCUT2D eigenvalue weighted by Gasteiger charge is 2.47. The summed E-state index contributed by atoms with van der Waals surface area (Å²) in [6.07, 6.45) is 12.6. The average molecular weight is 566 g/mol. The predicted octanol–water partition coefficient (Wildman–Crippen LogP) is 5.61. The van der Waals surface area contributed by atoms with Gasteiger partial charge in [0, 0.05) is 36.0 Å². The molecule has 9 heteroatoms. The van der Waals surface area contributed by atoms with Gasteiger partial charge >= 0.3 is 12.0 Å². The summed E-state index contributed by atoms with van der Waals surface area (Å²) >= 11 is 0. The molecule has 3 N–H and O–H groups in total. The largest absolute Gasteiger partial charge is 0.481 e. The van der Waals surface area contributed by atoms with Gasteiger partial charge in [-0.1, -0.05) is 72.1 Å². The van der Waals surface area contributed by atoms with Crippen LogP contribution in [-0.4, -0.2) is 71.1 Å². The van der Waals surface area contributed by atoms with Crippen LogP contribution in [0.4, 0.5) is 4.79 Å². The van der Waals surface area contributed by atoms with E-state index in [0.29, 0.717) is 6.61 Å². The summed E-state index contributed by atoms with van der Waals surface area (Å²) in [6, 6.07) is -0.555. The second-order valence-corrected chi connectivity index (χ2v) is 13.4. The summed E-state index contributed by atoms with van der Waals surface area (Å²) in [5.74, 6) is -2.35. The lowest BCUT2D eigenvalue weighted by Crippen LogP contribution is -2.60. The number of aliphatic carboxylic acids is 1. The molecular weight excluding hydrogens is 510 g/mol. The fourth-order valence-corrected chi connectivity index (χ4v) is 6.69. The lowest BCUT2D eigenvalue weighted by Gasteiger charge is -2.46. The number of carbonyl (C=O) groups is 3. The molecule has 4 atom stereocenters. The summed E-state index contributed by atoms with van der Waals surface area (Å²) in [5.41, 5.74) is -0.564. The van der Waals surface area contributed by atoms with Crippen molar-refractivity contribution in [1.82, 2.24) is 15.5 Å². The molecule has 40 heavy (non-hydrogen) atoms. The van der Waals surface area contributed by atoms with E-state index < -0.39 is 29.3 Å². The van der Waals surface area contributed by atoms with E-state index in [2.05, 4.69) is 22.5 Å². The maximum atomic E-state index is 13.8. The second-order valence-electron chi connectivity index (χ2n) is 13.4. The molecule has 3 amide bonds. The van der Waals surface area contributed by atoms with Gasteiger partial charge in [-0.3, -0.25) is 9.59 Å². The molecule has 1 heterocycles. The molecule has 0 aromatic rings. The Bertz CT molecular complexity index is 841. The van der Waals surface area contributed by atoms with E-state index in [1.54, 1.807) is 13.8 Å². The van der Waals surface area contributed by atoms with E-state index >= 15 is 0 Å². The molecule has 3 aliphatic rings. The van der Waals surface area contributed by atoms with Crippen LogP contribution < -0.4 is 10.6 Å². The molecule has 2 saturated carbocycles. The molecule has 0 radical (unpaired) electrons. The van der Waals surface area contributed by atoms with Gasteiger partial charge in [-0.05, 0) is 46.0 Å². The number of nitrogens with one attached hydrogen (secondary N) is 2. The van der Waals surface area contributed by atoms with Gasteiger partial charge in [0.2, 0.25) is 5.91 Å². The van der Waals surface area contributed by atoms with Gasteiger partial charge in [0.25, 0.3) is 0 Å². The van der Waals surface area contributed by atoms with Gasteiger partial charge < -0.3 is 30.1 Å². The third kappa shape index (κ3) is 9.33. The first-order chi connectivity index (χ1) is 18.9. The average Bonchev–Trinajstić information content (AvgIpc) is 2.90. The van der Waals surface area contributed by atoms with Gasteiger partial charge in [-0.2, -0.15) is 0 Å². The van der Waals surface area contributed by atoms with Crippen LogP contribution in [0.5, 0.6) is 0 Å². The molecule has 3 rings (SSSR count). The highest BCUT2D eigenvalue weighted by molar-refractivity contribution is 5.83. The topological polar surface area (TPSA) is 117 Å². The van der Waals surface area contributed by atoms with Gasteiger partial charge in [0.05, 0.1) is 13.0 Å². The van der Waals surface area contributed by atoms with Gasteiger partial charge in [-0.15, -0.1) is 0 Å². The number of unbranched alkanes of at least 4 members (excludes halogenated alkanes) is 3. The first kappa shape index (κ1) is 32.6. The van der Waals surface area contributed by atoms with Crippen molar-refractivity contribution in [3.05, 3.63) is 0 Å². The molecule has 230 valence electrons. The SMILES string of the molecule is CCCCCCN(C(=O)NC1CCCCC1C(CC(=O)O)NC(=O)C1OC(C)(C)OCC1(C)C)C1CCCCC1. The van der Waals surface area contributed by atoms with Crippen molar-refractivity contribution in [3.8, 4) is 0 Å². The van der Waals surface area contributed by atoms with Crippen LogP contribution in [0.3, 0.4) is 0 Å². The molecule has 0 aromatic carbocycles. The van der Waals surface area contributed by atoms with Crippen molar-refractivity contribution in [2.24, 2.45) is 11.3 Å². The highest BCUT2D eigenvalue weighted by Crippen LogP contribution is 2.36. The number of nitrogens with zero attached hydrogens (tertiary/aromatic N) is 1. The van der Waals surface area contributed by atoms with Crippen LogP contribution in [0.25, 0.3) is 0 Å². The number of urea groups is 1. The minimum absolute atomic E-state index is 0.0312. The van der Waals surface area contributed by atoms with Gasteiger partial charge in [0.15, 0.2) is 5.79 Å². The van der Waals surface area contributed by atoms with Crippen LogP contribution in [0.2, 0.25) is 0 Å². The van der Waals surface area contributed by atoms with E-state index in [1.807, 2.05) is 13.8 Å². The third-order valence-electron chi connectivity index (χ3n) is 9.04. The Morgan fingerprint density at radius 3 is 2.30 bits per heavy atom. The molecule has 0 aromatic heterocycles. The number of carboxylic acid groups (broad SMARTS) is 1. The molecule has 4 unspecified atom stereocenters. The summed E-state index contributed by atoms with van der Waals surface area (Å²) in [4.78, 5) is 41.4. The fourth-order valence-electron chi connectivity index (χ4n) is 6.69. The Balaban J connectivity index is 1.74. The minimum Gasteiger partial charge on any atom is -0.481 e. The molecule has 0 bridgehead atoms. The summed E-state index contributed by atoms with van der Waals surface area (Å²) < 4.78 is 11.8. The van der Waals surface area contributed by atoms with Gasteiger partial charge in [0.1, 0.15) is 6.10 Å². The summed E-state index contributed by atoms with van der Waals surface area (Å²) in [6.45, 7) is 10.7. The molecule has 3 fully saturated rings. The monoisotopic (exact) mass is 565 g/mol. The number of ether oxygens (including phenoxy) is 2. The van der Waals surface area contributed by atoms with Gasteiger partial charge in [-0.25, -0.2) is 4.79 Å². The fraction of sp³-hybridized carbons (Fsp3) is 0.903. The van der Waals surface area contributed by atoms with Crippen LogP contribution in [-0.2, 0) is 19.1 Å². The van der Waals surface area contributed by atoms with Crippen molar-refractivity contribution in [2.75, 3.05) is 13.2 Å². The lowest BCUT2D eigenvalue weighted by molar-refractivity contribution is -0.304. The van der Waals surface area contributed by atoms with E-state index in [-0.39, 0.29) is 36.4 Å². The molecular formula is C31H55N3O6. The van der Waals surface area contributed by atoms with Crippen molar-refractivity contribution in [1.29, 1.82) is 0 Å². The number of carboxylic acids is 1. The first-order valence-corrected chi connectivity index (χ1v) is 15.8. The number of hydrogen-bond acceptors (Lipinski definition) is 5. The number of carbonyl (C=O) groups excluding carboxylic acids is 2. The zero-order chi connectivity index (χ0) is 29.3. The Hall–Kier alpha value is -1.87. The van der Waals surface area contributed by atoms with E-state index in [1.165, 1.54) is 12.8 Å². The predicted molar refractivity (Wildman–Crippen MR) is 155 cm³/mol. The normalized spacial score (nSPS) is 27.4. The maximum Gasteiger partial charge on any atom is 0.317 e. The smallest absolute Gasteiger partial charge is 0.317 e. The number of rotatable bonds is 12. The first-order valence-electron chi connectivity index (χ1n) is 15.8. The van der Waals surface area contributed by atoms with Crippen LogP contribution >= 0.6 is 0 Å². The van der Waals surface area contributed by atoms with E-state index in [4.69, 9.17) is 9.47 Å². The van der Waals surface area contributed by atoms with E-state index in [0.717, 1.165) is 77.2 Å². The van der Waals surface area contributed by atoms with Crippen LogP contribution in [0, 0.1) is 11.3 Å². The van der Waals surface area contributed by atoms with Crippen molar-refractivity contribution in [3.63, 3.8) is 0 Å². The molecule has 1 saturated heterocycles. The van der Waals surface area contributed by atoms with Crippen LogP contribution in [0.15, 0.2) is 0 Å². The number of amides is 3. The molecule has 0 spiro atoms. The van der Waals surface area contributed by atoms with E-state index in [9.17, 15) is 19.5 Å². The quantitative estimate of drug-likeness (QED) is 0.265. The maximum absolute atomic E-state index is 13.8. The van der Waals surface area contributed by atoms with Crippen molar-refractivity contribution < 1.29 is 29.0 Å². The molecule has 9 nitrogen and oxygen atoms in total. The van der Waals surface area contributed by atoms with Crippen molar-refractivity contribution in [2.45, 2.75) is 155 Å². The minimum atomic E-state index is -0.965. The standard InChI is InChI=1S/C31H55N3O6/c1-6-7-8-14-19-34(22-15-10-9-11-16-22)29(38)33-24-18-13-12-17-23(24)25(20-26(35)36)32-28(37)27-30(2,3)21-39-31(4,5)40-27/h22-25,27H,6-21H2,1-5H3,(H,32,37)(H,33,38)(H,35,36). The Morgan fingerprint density at radius 2 is 1.62 bits per heavy atom. The van der Waals surface area contributed by atoms with Crippen molar-refractivity contribution >= 4 is 17.9 Å². The number of hydrogen-bond donors (Lipinski definition) is 3. The summed E-state index contributed by atoms with van der Waals surface area (Å²) in [7, 11) is 0. The summed E-state index contributed by atoms with van der Waals surface area (Å²) in [5, 5.41) is 16.2.